The van der Waals surface area contributed by atoms with Gasteiger partial charge in [0, 0.05) is 24.2 Å². The van der Waals surface area contributed by atoms with Gasteiger partial charge in [0.2, 0.25) is 0 Å². The Morgan fingerprint density at radius 2 is 1.56 bits per heavy atom. The highest BCUT2D eigenvalue weighted by molar-refractivity contribution is 7.80. The van der Waals surface area contributed by atoms with E-state index in [0.29, 0.717) is 18.6 Å². The van der Waals surface area contributed by atoms with E-state index in [1.165, 1.54) is 70.6 Å². The van der Waals surface area contributed by atoms with E-state index >= 15 is 0 Å². The maximum atomic E-state index is 14.2. The standard InChI is InChI=1S/C21H31FN2S/c22-20-15-9-6-10-17(20)16-24(19-13-7-8-14-19)21(25)23-18-11-4-2-1-3-5-12-18/h6,9-10,15,18-19H,1-5,7-8,11-14,16H2,(H,23,25). The van der Waals surface area contributed by atoms with Gasteiger partial charge >= 0.3 is 0 Å². The third-order valence-electron chi connectivity index (χ3n) is 5.76. The molecule has 4 heteroatoms. The lowest BCUT2D eigenvalue weighted by Crippen LogP contribution is -2.48. The summed E-state index contributed by atoms with van der Waals surface area (Å²) in [6, 6.07) is 8.04. The van der Waals surface area contributed by atoms with E-state index < -0.39 is 0 Å². The van der Waals surface area contributed by atoms with Crippen molar-refractivity contribution in [3.63, 3.8) is 0 Å². The zero-order chi connectivity index (χ0) is 17.5. The Kier molecular flexibility index (Phi) is 7.09. The Bertz CT molecular complexity index is 549. The van der Waals surface area contributed by atoms with Gasteiger partial charge in [-0.3, -0.25) is 0 Å². The van der Waals surface area contributed by atoms with Crippen LogP contribution in [0.5, 0.6) is 0 Å². The smallest absolute Gasteiger partial charge is 0.169 e. The molecular formula is C21H31FN2S. The summed E-state index contributed by atoms with van der Waals surface area (Å²) in [7, 11) is 0. The Hall–Kier alpha value is -1.16. The molecule has 0 aliphatic heterocycles. The predicted octanol–water partition coefficient (Wildman–Crippen LogP) is 5.56. The Morgan fingerprint density at radius 3 is 2.24 bits per heavy atom. The molecule has 0 aromatic heterocycles. The van der Waals surface area contributed by atoms with E-state index in [-0.39, 0.29) is 5.82 Å². The maximum absolute atomic E-state index is 14.2. The lowest BCUT2D eigenvalue weighted by Gasteiger charge is -2.34. The summed E-state index contributed by atoms with van der Waals surface area (Å²) in [5, 5.41) is 4.47. The second-order valence-corrected chi connectivity index (χ2v) is 8.04. The van der Waals surface area contributed by atoms with Gasteiger partial charge in [-0.05, 0) is 44.0 Å². The van der Waals surface area contributed by atoms with Gasteiger partial charge in [0.1, 0.15) is 5.82 Å². The highest BCUT2D eigenvalue weighted by Crippen LogP contribution is 2.26. The summed E-state index contributed by atoms with van der Waals surface area (Å²) in [5.41, 5.74) is 0.746. The van der Waals surface area contributed by atoms with Gasteiger partial charge in [-0.15, -0.1) is 0 Å². The van der Waals surface area contributed by atoms with Crippen LogP contribution in [0.1, 0.15) is 76.2 Å². The molecule has 0 bridgehead atoms. The molecule has 0 amide bonds. The molecule has 3 rings (SSSR count). The number of hydrogen-bond donors (Lipinski definition) is 1. The van der Waals surface area contributed by atoms with Gasteiger partial charge in [-0.1, -0.05) is 63.1 Å². The third kappa shape index (κ3) is 5.40. The molecule has 138 valence electrons. The van der Waals surface area contributed by atoms with Crippen molar-refractivity contribution in [3.8, 4) is 0 Å². The third-order valence-corrected chi connectivity index (χ3v) is 6.11. The van der Waals surface area contributed by atoms with Crippen LogP contribution in [0.4, 0.5) is 4.39 Å². The summed E-state index contributed by atoms with van der Waals surface area (Å²) >= 11 is 5.81. The summed E-state index contributed by atoms with van der Waals surface area (Å²) < 4.78 is 14.2. The number of rotatable bonds is 4. The molecule has 2 aliphatic carbocycles. The van der Waals surface area contributed by atoms with Gasteiger partial charge in [0.15, 0.2) is 5.11 Å². The van der Waals surface area contributed by atoms with Gasteiger partial charge < -0.3 is 10.2 Å². The quantitative estimate of drug-likeness (QED) is 0.706. The Balaban J connectivity index is 1.67. The molecule has 2 nitrogen and oxygen atoms in total. The fourth-order valence-electron chi connectivity index (χ4n) is 4.25. The number of thiocarbonyl (C=S) groups is 1. The molecule has 1 aromatic rings. The molecular weight excluding hydrogens is 331 g/mol. The van der Waals surface area contributed by atoms with Crippen molar-refractivity contribution in [2.24, 2.45) is 0 Å². The van der Waals surface area contributed by atoms with Crippen LogP contribution in [0.25, 0.3) is 0 Å². The Labute approximate surface area is 157 Å². The number of halogens is 1. The van der Waals surface area contributed by atoms with Crippen molar-refractivity contribution in [2.45, 2.75) is 89.3 Å². The van der Waals surface area contributed by atoms with Crippen molar-refractivity contribution < 1.29 is 4.39 Å². The van der Waals surface area contributed by atoms with Crippen molar-refractivity contribution in [3.05, 3.63) is 35.6 Å². The van der Waals surface area contributed by atoms with E-state index in [0.717, 1.165) is 10.7 Å². The molecule has 0 heterocycles. The van der Waals surface area contributed by atoms with Crippen LogP contribution in [-0.2, 0) is 6.54 Å². The monoisotopic (exact) mass is 362 g/mol. The van der Waals surface area contributed by atoms with Crippen LogP contribution in [0.15, 0.2) is 24.3 Å². The molecule has 2 aliphatic rings. The first-order valence-electron chi connectivity index (χ1n) is 10.0. The molecule has 0 unspecified atom stereocenters. The van der Waals surface area contributed by atoms with E-state index in [2.05, 4.69) is 10.2 Å². The van der Waals surface area contributed by atoms with Crippen LogP contribution < -0.4 is 5.32 Å². The summed E-state index contributed by atoms with van der Waals surface area (Å²) in [6.07, 6.45) is 13.9. The normalized spacial score (nSPS) is 20.0. The first-order valence-corrected chi connectivity index (χ1v) is 10.5. The second-order valence-electron chi connectivity index (χ2n) is 7.65. The van der Waals surface area contributed by atoms with Crippen molar-refractivity contribution in [1.82, 2.24) is 10.2 Å². The number of nitrogens with zero attached hydrogens (tertiary/aromatic N) is 1. The molecule has 1 N–H and O–H groups in total. The zero-order valence-corrected chi connectivity index (χ0v) is 16.0. The average molecular weight is 363 g/mol. The topological polar surface area (TPSA) is 15.3 Å². The minimum Gasteiger partial charge on any atom is -0.360 e. The van der Waals surface area contributed by atoms with Crippen molar-refractivity contribution in [2.75, 3.05) is 0 Å². The van der Waals surface area contributed by atoms with Crippen molar-refractivity contribution >= 4 is 17.3 Å². The molecule has 0 saturated heterocycles. The van der Waals surface area contributed by atoms with Crippen molar-refractivity contribution in [1.29, 1.82) is 0 Å². The molecule has 1 aromatic carbocycles. The van der Waals surface area contributed by atoms with E-state index in [1.54, 1.807) is 12.1 Å². The first-order chi connectivity index (χ1) is 12.2. The van der Waals surface area contributed by atoms with Gasteiger partial charge in [0.05, 0.1) is 0 Å². The van der Waals surface area contributed by atoms with Gasteiger partial charge in [0.25, 0.3) is 0 Å². The summed E-state index contributed by atoms with van der Waals surface area (Å²) in [5.74, 6) is -0.126. The second kappa shape index (κ2) is 9.51. The first kappa shape index (κ1) is 18.6. The minimum absolute atomic E-state index is 0.126. The van der Waals surface area contributed by atoms with E-state index in [1.807, 2.05) is 12.1 Å². The zero-order valence-electron chi connectivity index (χ0n) is 15.2. The van der Waals surface area contributed by atoms with Gasteiger partial charge in [-0.2, -0.15) is 0 Å². The molecule has 25 heavy (non-hydrogen) atoms. The molecule has 0 spiro atoms. The minimum atomic E-state index is -0.126. The maximum Gasteiger partial charge on any atom is 0.169 e. The SMILES string of the molecule is Fc1ccccc1CN(C(=S)NC1CCCCCCC1)C1CCCC1. The van der Waals surface area contributed by atoms with Crippen LogP contribution in [0, 0.1) is 5.82 Å². The molecule has 2 fully saturated rings. The molecule has 0 radical (unpaired) electrons. The molecule has 0 atom stereocenters. The Morgan fingerprint density at radius 1 is 0.960 bits per heavy atom. The average Bonchev–Trinajstić information content (AvgIpc) is 3.10. The van der Waals surface area contributed by atoms with E-state index in [9.17, 15) is 4.39 Å². The number of benzene rings is 1. The van der Waals surface area contributed by atoms with Crippen LogP contribution in [0.3, 0.4) is 0 Å². The summed E-state index contributed by atoms with van der Waals surface area (Å²) in [4.78, 5) is 2.26. The fraction of sp³-hybridized carbons (Fsp3) is 0.667. The lowest BCUT2D eigenvalue weighted by atomic mass is 9.97. The van der Waals surface area contributed by atoms with Crippen LogP contribution in [0.2, 0.25) is 0 Å². The number of nitrogens with one attached hydrogen (secondary N) is 1. The largest absolute Gasteiger partial charge is 0.360 e. The molecule has 2 saturated carbocycles. The lowest BCUT2D eigenvalue weighted by molar-refractivity contribution is 0.291. The van der Waals surface area contributed by atoms with Crippen LogP contribution >= 0.6 is 12.2 Å². The predicted molar refractivity (Wildman–Crippen MR) is 106 cm³/mol. The summed E-state index contributed by atoms with van der Waals surface area (Å²) in [6.45, 7) is 0.579. The fourth-order valence-corrected chi connectivity index (χ4v) is 4.63. The highest BCUT2D eigenvalue weighted by atomic mass is 32.1. The highest BCUT2D eigenvalue weighted by Gasteiger charge is 2.26. The number of hydrogen-bond acceptors (Lipinski definition) is 1. The van der Waals surface area contributed by atoms with Crippen LogP contribution in [-0.4, -0.2) is 22.1 Å². The van der Waals surface area contributed by atoms with E-state index in [4.69, 9.17) is 12.2 Å². The van der Waals surface area contributed by atoms with Gasteiger partial charge in [-0.25, -0.2) is 4.39 Å².